The quantitative estimate of drug-likeness (QED) is 0.727. The molecule has 0 heterocycles. The molecule has 2 rings (SSSR count). The average Bonchev–Trinajstić information content (AvgIpc) is 2.32. The number of benzene rings is 2. The third kappa shape index (κ3) is 4.42. The van der Waals surface area contributed by atoms with Gasteiger partial charge in [0.25, 0.3) is 0 Å². The zero-order valence-corrected chi connectivity index (χ0v) is 9.09. The van der Waals surface area contributed by atoms with Crippen LogP contribution in [0.1, 0.15) is 15.9 Å². The molecular formula is C14H13O2-. The molecule has 2 nitrogen and oxygen atoms in total. The van der Waals surface area contributed by atoms with Crippen molar-refractivity contribution in [1.29, 1.82) is 0 Å². The topological polar surface area (TPSA) is 40.1 Å². The molecule has 0 aliphatic carbocycles. The first-order chi connectivity index (χ1) is 7.70. The summed E-state index contributed by atoms with van der Waals surface area (Å²) in [5.74, 6) is -1.13. The molecule has 0 amide bonds. The number of carboxylic acid groups (broad SMARTS) is 1. The molecule has 0 unspecified atom stereocenters. The molecule has 0 fully saturated rings. The van der Waals surface area contributed by atoms with E-state index >= 15 is 0 Å². The average molecular weight is 213 g/mol. The number of aromatic carboxylic acids is 1. The van der Waals surface area contributed by atoms with E-state index in [0.717, 1.165) is 0 Å². The highest BCUT2D eigenvalue weighted by atomic mass is 16.4. The molecular weight excluding hydrogens is 200 g/mol. The number of hydrogen-bond acceptors (Lipinski definition) is 2. The number of carboxylic acids is 1. The Bertz CT molecular complexity index is 421. The van der Waals surface area contributed by atoms with Crippen LogP contribution < -0.4 is 5.11 Å². The predicted molar refractivity (Wildman–Crippen MR) is 62.0 cm³/mol. The lowest BCUT2D eigenvalue weighted by Crippen LogP contribution is -2.21. The lowest BCUT2D eigenvalue weighted by atomic mass is 10.2. The van der Waals surface area contributed by atoms with Crippen LogP contribution in [-0.2, 0) is 0 Å². The Morgan fingerprint density at radius 2 is 1.31 bits per heavy atom. The Labute approximate surface area is 95.2 Å². The highest BCUT2D eigenvalue weighted by Gasteiger charge is 1.85. The van der Waals surface area contributed by atoms with Crippen molar-refractivity contribution in [2.24, 2.45) is 0 Å². The molecule has 0 radical (unpaired) electrons. The van der Waals surface area contributed by atoms with E-state index in [1.807, 2.05) is 18.2 Å². The number of rotatable bonds is 1. The second-order valence-electron chi connectivity index (χ2n) is 3.31. The Hall–Kier alpha value is -2.09. The molecule has 0 bridgehead atoms. The van der Waals surface area contributed by atoms with Crippen molar-refractivity contribution in [1.82, 2.24) is 0 Å². The van der Waals surface area contributed by atoms with Gasteiger partial charge in [0.15, 0.2) is 0 Å². The molecule has 2 heteroatoms. The number of carbonyl (C=O) groups is 1. The van der Waals surface area contributed by atoms with E-state index < -0.39 is 5.97 Å². The van der Waals surface area contributed by atoms with Gasteiger partial charge in [-0.2, -0.15) is 0 Å². The van der Waals surface area contributed by atoms with E-state index in [2.05, 4.69) is 19.1 Å². The summed E-state index contributed by atoms with van der Waals surface area (Å²) in [4.78, 5) is 10.1. The third-order valence-corrected chi connectivity index (χ3v) is 1.95. The fourth-order valence-corrected chi connectivity index (χ4v) is 1.11. The monoisotopic (exact) mass is 213 g/mol. The summed E-state index contributed by atoms with van der Waals surface area (Å²) in [6.45, 7) is 2.08. The van der Waals surface area contributed by atoms with Gasteiger partial charge in [-0.05, 0) is 12.5 Å². The van der Waals surface area contributed by atoms with E-state index in [4.69, 9.17) is 0 Å². The first kappa shape index (κ1) is 12.0. The first-order valence-corrected chi connectivity index (χ1v) is 4.98. The van der Waals surface area contributed by atoms with Gasteiger partial charge in [-0.3, -0.25) is 0 Å². The Morgan fingerprint density at radius 3 is 1.56 bits per heavy atom. The molecule has 0 aliphatic heterocycles. The van der Waals surface area contributed by atoms with Crippen LogP contribution >= 0.6 is 0 Å². The number of carbonyl (C=O) groups excluding carboxylic acids is 1. The summed E-state index contributed by atoms with van der Waals surface area (Å²) in [6.07, 6.45) is 0. The SMILES string of the molecule is Cc1ccccc1.O=C([O-])c1ccccc1. The van der Waals surface area contributed by atoms with Gasteiger partial charge in [0.1, 0.15) is 0 Å². The van der Waals surface area contributed by atoms with Crippen LogP contribution in [0.15, 0.2) is 60.7 Å². The zero-order valence-electron chi connectivity index (χ0n) is 9.09. The fourth-order valence-electron chi connectivity index (χ4n) is 1.11. The molecule has 0 saturated heterocycles. The van der Waals surface area contributed by atoms with Crippen LogP contribution in [0, 0.1) is 6.92 Å². The molecule has 82 valence electrons. The minimum atomic E-state index is -1.13. The molecule has 0 saturated carbocycles. The third-order valence-electron chi connectivity index (χ3n) is 1.95. The second kappa shape index (κ2) is 6.40. The van der Waals surface area contributed by atoms with Crippen LogP contribution in [0.4, 0.5) is 0 Å². The van der Waals surface area contributed by atoms with Gasteiger partial charge in [0.05, 0.1) is 5.97 Å². The van der Waals surface area contributed by atoms with Crippen molar-refractivity contribution in [3.8, 4) is 0 Å². The van der Waals surface area contributed by atoms with Crippen molar-refractivity contribution < 1.29 is 9.90 Å². The lowest BCUT2D eigenvalue weighted by Gasteiger charge is -1.97. The van der Waals surface area contributed by atoms with Crippen molar-refractivity contribution in [2.45, 2.75) is 6.92 Å². The minimum absolute atomic E-state index is 0.220. The standard InChI is InChI=1S/C7H6O2.C7H8/c8-7(9)6-4-2-1-3-5-6;1-7-5-3-2-4-6-7/h1-5H,(H,8,9);2-6H,1H3/p-1. The second-order valence-corrected chi connectivity index (χ2v) is 3.31. The molecule has 0 aromatic heterocycles. The molecule has 0 N–H and O–H groups in total. The van der Waals surface area contributed by atoms with Crippen LogP contribution in [0.3, 0.4) is 0 Å². The van der Waals surface area contributed by atoms with Crippen molar-refractivity contribution in [2.75, 3.05) is 0 Å². The van der Waals surface area contributed by atoms with Crippen LogP contribution in [0.5, 0.6) is 0 Å². The van der Waals surface area contributed by atoms with Gasteiger partial charge in [0.2, 0.25) is 0 Å². The van der Waals surface area contributed by atoms with Crippen molar-refractivity contribution in [3.05, 3.63) is 71.8 Å². The van der Waals surface area contributed by atoms with Crippen molar-refractivity contribution in [3.63, 3.8) is 0 Å². The van der Waals surface area contributed by atoms with E-state index in [1.54, 1.807) is 18.2 Å². The molecule has 16 heavy (non-hydrogen) atoms. The summed E-state index contributed by atoms with van der Waals surface area (Å²) in [6, 6.07) is 18.3. The Balaban J connectivity index is 0.000000165. The maximum absolute atomic E-state index is 10.1. The minimum Gasteiger partial charge on any atom is -0.545 e. The van der Waals surface area contributed by atoms with Gasteiger partial charge >= 0.3 is 0 Å². The normalized spacial score (nSPS) is 8.81. The summed E-state index contributed by atoms with van der Waals surface area (Å²) in [5, 5.41) is 10.1. The summed E-state index contributed by atoms with van der Waals surface area (Å²) >= 11 is 0. The van der Waals surface area contributed by atoms with E-state index in [1.165, 1.54) is 17.7 Å². The molecule has 2 aromatic carbocycles. The Kier molecular flexibility index (Phi) is 4.80. The highest BCUT2D eigenvalue weighted by molar-refractivity contribution is 5.85. The van der Waals surface area contributed by atoms with Gasteiger partial charge in [-0.25, -0.2) is 0 Å². The maximum atomic E-state index is 10.1. The van der Waals surface area contributed by atoms with Crippen molar-refractivity contribution >= 4 is 5.97 Å². The van der Waals surface area contributed by atoms with Crippen LogP contribution in [-0.4, -0.2) is 5.97 Å². The van der Waals surface area contributed by atoms with Gasteiger partial charge in [-0.1, -0.05) is 66.2 Å². The van der Waals surface area contributed by atoms with Crippen LogP contribution in [0.2, 0.25) is 0 Å². The van der Waals surface area contributed by atoms with Crippen LogP contribution in [0.25, 0.3) is 0 Å². The number of aryl methyl sites for hydroxylation is 1. The molecule has 2 aromatic rings. The van der Waals surface area contributed by atoms with E-state index in [9.17, 15) is 9.90 Å². The largest absolute Gasteiger partial charge is 0.545 e. The van der Waals surface area contributed by atoms with Gasteiger partial charge in [0, 0.05) is 0 Å². The molecule has 0 spiro atoms. The zero-order chi connectivity index (χ0) is 11.8. The molecule has 0 aliphatic rings. The van der Waals surface area contributed by atoms with E-state index in [-0.39, 0.29) is 5.56 Å². The summed E-state index contributed by atoms with van der Waals surface area (Å²) < 4.78 is 0. The van der Waals surface area contributed by atoms with Gasteiger partial charge in [-0.15, -0.1) is 0 Å². The van der Waals surface area contributed by atoms with E-state index in [0.29, 0.717) is 0 Å². The molecule has 0 atom stereocenters. The first-order valence-electron chi connectivity index (χ1n) is 4.98. The maximum Gasteiger partial charge on any atom is 0.0715 e. The highest BCUT2D eigenvalue weighted by Crippen LogP contribution is 1.94. The number of hydrogen-bond donors (Lipinski definition) is 0. The Morgan fingerprint density at radius 1 is 0.875 bits per heavy atom. The summed E-state index contributed by atoms with van der Waals surface area (Å²) in [5.41, 5.74) is 1.54. The summed E-state index contributed by atoms with van der Waals surface area (Å²) in [7, 11) is 0. The fraction of sp³-hybridized carbons (Fsp3) is 0.0714. The smallest absolute Gasteiger partial charge is 0.0715 e. The lowest BCUT2D eigenvalue weighted by molar-refractivity contribution is -0.255. The predicted octanol–water partition coefficient (Wildman–Crippen LogP) is 2.05. The van der Waals surface area contributed by atoms with Gasteiger partial charge < -0.3 is 9.90 Å².